The SMILES string of the molecule is Clc1ccc(-c2cc3ncnn3c(Cl)n2)c(Cl)c1. The molecule has 0 aliphatic heterocycles. The van der Waals surface area contributed by atoms with Gasteiger partial charge in [-0.25, -0.2) is 9.97 Å². The van der Waals surface area contributed by atoms with Crippen molar-refractivity contribution >= 4 is 40.4 Å². The highest BCUT2D eigenvalue weighted by atomic mass is 35.5. The van der Waals surface area contributed by atoms with Crippen LogP contribution < -0.4 is 0 Å². The highest BCUT2D eigenvalue weighted by molar-refractivity contribution is 6.36. The van der Waals surface area contributed by atoms with Crippen molar-refractivity contribution in [2.24, 2.45) is 0 Å². The first-order valence-electron chi connectivity index (χ1n) is 4.97. The normalized spacial score (nSPS) is 11.1. The summed E-state index contributed by atoms with van der Waals surface area (Å²) in [5.41, 5.74) is 1.98. The molecule has 2 aromatic heterocycles. The molecule has 0 spiro atoms. The average Bonchev–Trinajstić information content (AvgIpc) is 2.77. The lowest BCUT2D eigenvalue weighted by molar-refractivity contribution is 0.925. The van der Waals surface area contributed by atoms with Crippen molar-refractivity contribution in [1.29, 1.82) is 0 Å². The summed E-state index contributed by atoms with van der Waals surface area (Å²) in [6.45, 7) is 0. The van der Waals surface area contributed by atoms with Gasteiger partial charge in [-0.05, 0) is 29.8 Å². The summed E-state index contributed by atoms with van der Waals surface area (Å²) < 4.78 is 1.44. The number of nitrogens with zero attached hydrogens (tertiary/aromatic N) is 4. The number of halogens is 3. The average molecular weight is 300 g/mol. The van der Waals surface area contributed by atoms with Gasteiger partial charge >= 0.3 is 0 Å². The number of hydrogen-bond acceptors (Lipinski definition) is 3. The summed E-state index contributed by atoms with van der Waals surface area (Å²) in [5, 5.41) is 5.25. The molecule has 0 N–H and O–H groups in total. The van der Waals surface area contributed by atoms with Gasteiger partial charge in [0.2, 0.25) is 5.28 Å². The van der Waals surface area contributed by atoms with Crippen molar-refractivity contribution in [3.63, 3.8) is 0 Å². The number of rotatable bonds is 1. The molecule has 1 aromatic carbocycles. The van der Waals surface area contributed by atoms with Gasteiger partial charge in [0, 0.05) is 16.7 Å². The van der Waals surface area contributed by atoms with Crippen LogP contribution in [0.4, 0.5) is 0 Å². The summed E-state index contributed by atoms with van der Waals surface area (Å²) in [7, 11) is 0. The molecule has 7 heteroatoms. The van der Waals surface area contributed by atoms with Crippen LogP contribution in [0.3, 0.4) is 0 Å². The Bertz CT molecular complexity index is 738. The van der Waals surface area contributed by atoms with E-state index < -0.39 is 0 Å². The molecule has 0 radical (unpaired) electrons. The quantitative estimate of drug-likeness (QED) is 0.643. The second-order valence-electron chi connectivity index (χ2n) is 3.56. The van der Waals surface area contributed by atoms with E-state index in [1.54, 1.807) is 24.3 Å². The molecule has 3 aromatic rings. The third kappa shape index (κ3) is 1.92. The summed E-state index contributed by atoms with van der Waals surface area (Å²) >= 11 is 18.0. The van der Waals surface area contributed by atoms with Gasteiger partial charge in [0.25, 0.3) is 0 Å². The minimum Gasteiger partial charge on any atom is -0.218 e. The number of hydrogen-bond donors (Lipinski definition) is 0. The molecular weight excluding hydrogens is 295 g/mol. The van der Waals surface area contributed by atoms with Gasteiger partial charge < -0.3 is 0 Å². The van der Waals surface area contributed by atoms with Crippen LogP contribution in [0.2, 0.25) is 15.3 Å². The molecule has 0 atom stereocenters. The van der Waals surface area contributed by atoms with Crippen molar-refractivity contribution in [1.82, 2.24) is 19.6 Å². The van der Waals surface area contributed by atoms with Crippen LogP contribution in [0, 0.1) is 0 Å². The van der Waals surface area contributed by atoms with E-state index in [1.807, 2.05) is 0 Å². The summed E-state index contributed by atoms with van der Waals surface area (Å²) in [5.74, 6) is 0. The van der Waals surface area contributed by atoms with E-state index in [0.29, 0.717) is 21.4 Å². The summed E-state index contributed by atoms with van der Waals surface area (Å²) in [4.78, 5) is 8.30. The van der Waals surface area contributed by atoms with Crippen LogP contribution in [0.1, 0.15) is 0 Å². The standard InChI is InChI=1S/C11H5Cl3N4/c12-6-1-2-7(8(13)3-6)9-4-10-15-5-16-18(10)11(14)17-9/h1-5H. The van der Waals surface area contributed by atoms with Crippen molar-refractivity contribution in [2.75, 3.05) is 0 Å². The lowest BCUT2D eigenvalue weighted by atomic mass is 10.1. The molecule has 0 bridgehead atoms. The maximum atomic E-state index is 6.13. The number of aromatic nitrogens is 4. The van der Waals surface area contributed by atoms with Crippen molar-refractivity contribution in [3.05, 3.63) is 45.9 Å². The van der Waals surface area contributed by atoms with Crippen LogP contribution in [-0.2, 0) is 0 Å². The van der Waals surface area contributed by atoms with Crippen LogP contribution in [-0.4, -0.2) is 19.6 Å². The molecule has 4 nitrogen and oxygen atoms in total. The molecule has 0 saturated carbocycles. The minimum absolute atomic E-state index is 0.228. The predicted molar refractivity (Wildman–Crippen MR) is 71.2 cm³/mol. The smallest absolute Gasteiger partial charge is 0.218 e. The van der Waals surface area contributed by atoms with Gasteiger partial charge in [-0.2, -0.15) is 9.61 Å². The van der Waals surface area contributed by atoms with Crippen LogP contribution in [0.5, 0.6) is 0 Å². The molecule has 90 valence electrons. The van der Waals surface area contributed by atoms with Gasteiger partial charge in [-0.1, -0.05) is 23.2 Å². The molecule has 2 heterocycles. The van der Waals surface area contributed by atoms with Crippen LogP contribution >= 0.6 is 34.8 Å². The zero-order chi connectivity index (χ0) is 12.7. The highest BCUT2D eigenvalue weighted by Crippen LogP contribution is 2.30. The van der Waals surface area contributed by atoms with Gasteiger partial charge in [-0.15, -0.1) is 0 Å². The monoisotopic (exact) mass is 298 g/mol. The fourth-order valence-electron chi connectivity index (χ4n) is 1.63. The molecule has 0 fully saturated rings. The minimum atomic E-state index is 0.228. The fraction of sp³-hybridized carbons (Fsp3) is 0. The fourth-order valence-corrected chi connectivity index (χ4v) is 2.35. The molecule has 0 saturated heterocycles. The van der Waals surface area contributed by atoms with Crippen molar-refractivity contribution in [3.8, 4) is 11.3 Å². The van der Waals surface area contributed by atoms with Gasteiger partial charge in [-0.3, -0.25) is 0 Å². The molecular formula is C11H5Cl3N4. The van der Waals surface area contributed by atoms with Gasteiger partial charge in [0.05, 0.1) is 10.7 Å². The first-order valence-corrected chi connectivity index (χ1v) is 6.10. The largest absolute Gasteiger partial charge is 0.226 e. The lowest BCUT2D eigenvalue weighted by Gasteiger charge is -2.05. The Morgan fingerprint density at radius 1 is 1.06 bits per heavy atom. The predicted octanol–water partition coefficient (Wildman–Crippen LogP) is 3.75. The molecule has 0 amide bonds. The Morgan fingerprint density at radius 2 is 1.89 bits per heavy atom. The maximum Gasteiger partial charge on any atom is 0.226 e. The third-order valence-electron chi connectivity index (χ3n) is 2.43. The second kappa shape index (κ2) is 4.39. The molecule has 3 rings (SSSR count). The number of benzene rings is 1. The van der Waals surface area contributed by atoms with Crippen molar-refractivity contribution < 1.29 is 0 Å². The Balaban J connectivity index is 2.24. The zero-order valence-electron chi connectivity index (χ0n) is 8.81. The molecule has 0 unspecified atom stereocenters. The van der Waals surface area contributed by atoms with E-state index >= 15 is 0 Å². The Morgan fingerprint density at radius 3 is 2.67 bits per heavy atom. The first kappa shape index (κ1) is 11.7. The van der Waals surface area contributed by atoms with Crippen LogP contribution in [0.15, 0.2) is 30.6 Å². The molecule has 0 aliphatic carbocycles. The van der Waals surface area contributed by atoms with Gasteiger partial charge in [0.1, 0.15) is 6.33 Å². The van der Waals surface area contributed by atoms with E-state index in [4.69, 9.17) is 34.8 Å². The van der Waals surface area contributed by atoms with E-state index in [2.05, 4.69) is 15.1 Å². The Labute approximate surface area is 117 Å². The second-order valence-corrected chi connectivity index (χ2v) is 4.75. The van der Waals surface area contributed by atoms with Gasteiger partial charge in [0.15, 0.2) is 5.65 Å². The maximum absolute atomic E-state index is 6.13. The molecule has 18 heavy (non-hydrogen) atoms. The lowest BCUT2D eigenvalue weighted by Crippen LogP contribution is -1.95. The Hall–Kier alpha value is -1.36. The van der Waals surface area contributed by atoms with E-state index in [0.717, 1.165) is 5.56 Å². The summed E-state index contributed by atoms with van der Waals surface area (Å²) in [6.07, 6.45) is 1.41. The topological polar surface area (TPSA) is 43.1 Å². The number of fused-ring (bicyclic) bond motifs is 1. The van der Waals surface area contributed by atoms with E-state index in [9.17, 15) is 0 Å². The summed E-state index contributed by atoms with van der Waals surface area (Å²) in [6, 6.07) is 6.94. The van der Waals surface area contributed by atoms with E-state index in [-0.39, 0.29) is 5.28 Å². The molecule has 0 aliphatic rings. The highest BCUT2D eigenvalue weighted by Gasteiger charge is 2.10. The van der Waals surface area contributed by atoms with Crippen LogP contribution in [0.25, 0.3) is 16.9 Å². The third-order valence-corrected chi connectivity index (χ3v) is 3.23. The zero-order valence-corrected chi connectivity index (χ0v) is 11.1. The van der Waals surface area contributed by atoms with Crippen molar-refractivity contribution in [2.45, 2.75) is 0 Å². The first-order chi connectivity index (χ1) is 8.65. The van der Waals surface area contributed by atoms with E-state index in [1.165, 1.54) is 10.8 Å². The Kier molecular flexibility index (Phi) is 2.86.